The van der Waals surface area contributed by atoms with Crippen LogP contribution >= 0.6 is 0 Å². The fraction of sp³-hybridized carbons (Fsp3) is 0.583. The number of sulfonamides is 1. The quantitative estimate of drug-likeness (QED) is 0.737. The lowest BCUT2D eigenvalue weighted by Crippen LogP contribution is -2.46. The number of aromatic nitrogens is 1. The minimum absolute atomic E-state index is 0.0611. The number of aliphatic hydroxyl groups excluding tert-OH is 1. The smallest absolute Gasteiger partial charge is 0.352 e. The zero-order valence-electron chi connectivity index (χ0n) is 11.3. The number of carboxylic acids is 1. The zero-order valence-corrected chi connectivity index (χ0v) is 12.1. The summed E-state index contributed by atoms with van der Waals surface area (Å²) in [6, 6.07) is 0.709. The molecule has 0 aromatic carbocycles. The van der Waals surface area contributed by atoms with Crippen molar-refractivity contribution in [3.63, 3.8) is 0 Å². The van der Waals surface area contributed by atoms with E-state index in [1.807, 2.05) is 0 Å². The normalized spacial score (nSPS) is 22.8. The number of carbonyl (C=O) groups is 1. The van der Waals surface area contributed by atoms with E-state index in [1.54, 1.807) is 13.8 Å². The van der Waals surface area contributed by atoms with Gasteiger partial charge in [0.15, 0.2) is 0 Å². The monoisotopic (exact) mass is 302 g/mol. The highest BCUT2D eigenvalue weighted by molar-refractivity contribution is 7.89. The summed E-state index contributed by atoms with van der Waals surface area (Å²) < 4.78 is 28.2. The second-order valence-corrected chi connectivity index (χ2v) is 7.02. The lowest BCUT2D eigenvalue weighted by molar-refractivity contribution is 0.0682. The molecule has 0 saturated heterocycles. The Labute approximate surface area is 117 Å². The summed E-state index contributed by atoms with van der Waals surface area (Å²) in [6.45, 7) is 3.55. The summed E-state index contributed by atoms with van der Waals surface area (Å²) in [4.78, 5) is 11.1. The molecule has 0 bridgehead atoms. The molecule has 112 valence electrons. The Bertz CT molecular complexity index is 614. The topological polar surface area (TPSA) is 109 Å². The first-order chi connectivity index (χ1) is 9.20. The summed E-state index contributed by atoms with van der Waals surface area (Å²) in [6.07, 6.45) is 1.63. The van der Waals surface area contributed by atoms with Crippen molar-refractivity contribution in [1.82, 2.24) is 9.29 Å². The molecule has 0 spiro atoms. The molecule has 0 radical (unpaired) electrons. The molecule has 7 nitrogen and oxygen atoms in total. The fourth-order valence-electron chi connectivity index (χ4n) is 2.17. The Morgan fingerprint density at radius 3 is 2.45 bits per heavy atom. The van der Waals surface area contributed by atoms with Crippen LogP contribution < -0.4 is 4.72 Å². The molecular formula is C12H18N2O5S. The zero-order chi connectivity index (χ0) is 15.1. The highest BCUT2D eigenvalue weighted by Gasteiger charge is 2.32. The van der Waals surface area contributed by atoms with Gasteiger partial charge in [-0.05, 0) is 32.8 Å². The van der Waals surface area contributed by atoms with Crippen LogP contribution in [0.15, 0.2) is 17.2 Å². The van der Waals surface area contributed by atoms with Crippen molar-refractivity contribution in [2.45, 2.75) is 49.8 Å². The molecule has 2 rings (SSSR count). The average molecular weight is 302 g/mol. The van der Waals surface area contributed by atoms with E-state index in [2.05, 4.69) is 4.72 Å². The van der Waals surface area contributed by atoms with Gasteiger partial charge in [0, 0.05) is 18.3 Å². The molecule has 1 fully saturated rings. The maximum atomic E-state index is 12.2. The Kier molecular flexibility index (Phi) is 3.90. The molecular weight excluding hydrogens is 284 g/mol. The van der Waals surface area contributed by atoms with Gasteiger partial charge in [-0.1, -0.05) is 0 Å². The Morgan fingerprint density at radius 2 is 2.05 bits per heavy atom. The molecule has 1 aromatic heterocycles. The second-order valence-electron chi connectivity index (χ2n) is 5.31. The lowest BCUT2D eigenvalue weighted by atomic mass is 9.91. The molecule has 1 aliphatic carbocycles. The molecule has 1 aliphatic rings. The molecule has 0 aliphatic heterocycles. The van der Waals surface area contributed by atoms with Gasteiger partial charge in [0.1, 0.15) is 10.6 Å². The van der Waals surface area contributed by atoms with E-state index in [4.69, 9.17) is 10.2 Å². The van der Waals surface area contributed by atoms with Gasteiger partial charge in [0.05, 0.1) is 6.10 Å². The minimum Gasteiger partial charge on any atom is -0.477 e. The Hall–Kier alpha value is -1.38. The molecule has 20 heavy (non-hydrogen) atoms. The third-order valence-corrected chi connectivity index (χ3v) is 4.83. The summed E-state index contributed by atoms with van der Waals surface area (Å²) in [5, 5.41) is 18.3. The number of rotatable bonds is 5. The number of nitrogens with zero attached hydrogens (tertiary/aromatic N) is 1. The summed E-state index contributed by atoms with van der Waals surface area (Å²) >= 11 is 0. The molecule has 8 heteroatoms. The van der Waals surface area contributed by atoms with Gasteiger partial charge < -0.3 is 14.8 Å². The van der Waals surface area contributed by atoms with Crippen LogP contribution in [0, 0.1) is 0 Å². The number of hydrogen-bond donors (Lipinski definition) is 3. The van der Waals surface area contributed by atoms with E-state index in [0.29, 0.717) is 12.8 Å². The standard InChI is InChI=1S/C12H18N2O5S/c1-7(2)14-6-10(5-11(14)12(16)17)20(18,19)13-8-3-9(15)4-8/h5-9,13,15H,3-4H2,1-2H3,(H,16,17). The second kappa shape index (κ2) is 5.19. The highest BCUT2D eigenvalue weighted by Crippen LogP contribution is 2.24. The predicted octanol–water partition coefficient (Wildman–Crippen LogP) is 0.569. The van der Waals surface area contributed by atoms with Gasteiger partial charge in [-0.25, -0.2) is 17.9 Å². The van der Waals surface area contributed by atoms with E-state index in [-0.39, 0.29) is 22.7 Å². The van der Waals surface area contributed by atoms with Crippen LogP contribution in [0.25, 0.3) is 0 Å². The molecule has 0 amide bonds. The first-order valence-corrected chi connectivity index (χ1v) is 7.84. The number of hydrogen-bond acceptors (Lipinski definition) is 4. The van der Waals surface area contributed by atoms with Gasteiger partial charge in [-0.2, -0.15) is 0 Å². The molecule has 0 atom stereocenters. The number of aromatic carboxylic acids is 1. The van der Waals surface area contributed by atoms with Gasteiger partial charge in [-0.3, -0.25) is 0 Å². The van der Waals surface area contributed by atoms with Crippen LogP contribution in [-0.2, 0) is 10.0 Å². The van der Waals surface area contributed by atoms with E-state index < -0.39 is 22.1 Å². The first kappa shape index (κ1) is 15.0. The first-order valence-electron chi connectivity index (χ1n) is 6.36. The van der Waals surface area contributed by atoms with Crippen molar-refractivity contribution in [3.8, 4) is 0 Å². The van der Waals surface area contributed by atoms with Crippen molar-refractivity contribution in [2.75, 3.05) is 0 Å². The largest absolute Gasteiger partial charge is 0.477 e. The maximum absolute atomic E-state index is 12.2. The van der Waals surface area contributed by atoms with E-state index in [0.717, 1.165) is 6.07 Å². The fourth-order valence-corrected chi connectivity index (χ4v) is 3.46. The van der Waals surface area contributed by atoms with E-state index in [9.17, 15) is 13.2 Å². The van der Waals surface area contributed by atoms with E-state index >= 15 is 0 Å². The predicted molar refractivity (Wildman–Crippen MR) is 71.1 cm³/mol. The minimum atomic E-state index is -3.76. The third-order valence-electron chi connectivity index (χ3n) is 3.34. The molecule has 0 unspecified atom stereocenters. The van der Waals surface area contributed by atoms with Crippen molar-refractivity contribution in [2.24, 2.45) is 0 Å². The number of aliphatic hydroxyl groups is 1. The lowest BCUT2D eigenvalue weighted by Gasteiger charge is -2.31. The van der Waals surface area contributed by atoms with Crippen molar-refractivity contribution >= 4 is 16.0 Å². The van der Waals surface area contributed by atoms with Gasteiger partial charge in [0.25, 0.3) is 0 Å². The molecule has 3 N–H and O–H groups in total. The van der Waals surface area contributed by atoms with Crippen LogP contribution in [-0.4, -0.2) is 41.3 Å². The van der Waals surface area contributed by atoms with Crippen LogP contribution in [0.2, 0.25) is 0 Å². The summed E-state index contributed by atoms with van der Waals surface area (Å²) in [7, 11) is -3.76. The van der Waals surface area contributed by atoms with Gasteiger partial charge in [0.2, 0.25) is 10.0 Å². The molecule has 1 saturated carbocycles. The maximum Gasteiger partial charge on any atom is 0.352 e. The van der Waals surface area contributed by atoms with Crippen LogP contribution in [0.4, 0.5) is 0 Å². The van der Waals surface area contributed by atoms with Crippen LogP contribution in [0.3, 0.4) is 0 Å². The molecule has 1 aromatic rings. The SMILES string of the molecule is CC(C)n1cc(S(=O)(=O)NC2CC(O)C2)cc1C(=O)O. The highest BCUT2D eigenvalue weighted by atomic mass is 32.2. The molecule has 1 heterocycles. The number of nitrogens with one attached hydrogen (secondary N) is 1. The van der Waals surface area contributed by atoms with Crippen molar-refractivity contribution in [1.29, 1.82) is 0 Å². The van der Waals surface area contributed by atoms with E-state index in [1.165, 1.54) is 10.8 Å². The Morgan fingerprint density at radius 1 is 1.45 bits per heavy atom. The van der Waals surface area contributed by atoms with Crippen LogP contribution in [0.5, 0.6) is 0 Å². The van der Waals surface area contributed by atoms with Gasteiger partial charge in [-0.15, -0.1) is 0 Å². The van der Waals surface area contributed by atoms with Crippen LogP contribution in [0.1, 0.15) is 43.2 Å². The van der Waals surface area contributed by atoms with Crippen molar-refractivity contribution < 1.29 is 23.4 Å². The average Bonchev–Trinajstić information content (AvgIpc) is 2.72. The third kappa shape index (κ3) is 2.87. The Balaban J connectivity index is 2.27. The summed E-state index contributed by atoms with van der Waals surface area (Å²) in [5.41, 5.74) is -0.0611. The van der Waals surface area contributed by atoms with Crippen molar-refractivity contribution in [3.05, 3.63) is 18.0 Å². The number of carboxylic acid groups (broad SMARTS) is 1. The summed E-state index contributed by atoms with van der Waals surface area (Å²) in [5.74, 6) is -1.17. The van der Waals surface area contributed by atoms with Gasteiger partial charge >= 0.3 is 5.97 Å².